The van der Waals surface area contributed by atoms with Crippen molar-refractivity contribution in [3.05, 3.63) is 69.7 Å². The average Bonchev–Trinajstić information content (AvgIpc) is 2.35. The van der Waals surface area contributed by atoms with Crippen LogP contribution in [0.5, 0.6) is 0 Å². The van der Waals surface area contributed by atoms with Crippen LogP contribution in [0.15, 0.2) is 36.4 Å². The van der Waals surface area contributed by atoms with Gasteiger partial charge < -0.3 is 5.73 Å². The van der Waals surface area contributed by atoms with Crippen molar-refractivity contribution in [1.29, 1.82) is 0 Å². The number of halogens is 3. The molecule has 0 saturated heterocycles. The molecule has 0 aliphatic heterocycles. The Labute approximate surface area is 109 Å². The molecule has 2 aromatic rings. The van der Waals surface area contributed by atoms with Crippen LogP contribution < -0.4 is 5.73 Å². The van der Waals surface area contributed by atoms with Gasteiger partial charge in [0.15, 0.2) is 0 Å². The first-order valence-electron chi connectivity index (χ1n) is 5.45. The standard InChI is InChI=1S/C14H12ClF2N/c1-8-2-3-9(6-13(8)17)14(18)11-7-10(15)4-5-12(11)16/h2-7,14H,18H2,1H3. The number of rotatable bonds is 2. The molecule has 0 saturated carbocycles. The lowest BCUT2D eigenvalue weighted by Crippen LogP contribution is -2.14. The second-order valence-electron chi connectivity index (χ2n) is 4.15. The second kappa shape index (κ2) is 5.04. The highest BCUT2D eigenvalue weighted by Gasteiger charge is 2.15. The summed E-state index contributed by atoms with van der Waals surface area (Å²) in [5.41, 5.74) is 7.23. The minimum absolute atomic E-state index is 0.255. The van der Waals surface area contributed by atoms with Gasteiger partial charge in [-0.25, -0.2) is 8.78 Å². The highest BCUT2D eigenvalue weighted by molar-refractivity contribution is 6.30. The molecule has 1 nitrogen and oxygen atoms in total. The fourth-order valence-electron chi connectivity index (χ4n) is 1.74. The zero-order valence-corrected chi connectivity index (χ0v) is 10.5. The van der Waals surface area contributed by atoms with Crippen molar-refractivity contribution in [3.8, 4) is 0 Å². The van der Waals surface area contributed by atoms with Gasteiger partial charge in [-0.1, -0.05) is 23.7 Å². The maximum atomic E-state index is 13.7. The molecule has 0 heterocycles. The van der Waals surface area contributed by atoms with Gasteiger partial charge in [0.05, 0.1) is 6.04 Å². The van der Waals surface area contributed by atoms with Gasteiger partial charge in [0, 0.05) is 10.6 Å². The number of hydrogen-bond acceptors (Lipinski definition) is 1. The average molecular weight is 268 g/mol. The smallest absolute Gasteiger partial charge is 0.128 e. The summed E-state index contributed by atoms with van der Waals surface area (Å²) in [5.74, 6) is -0.807. The molecule has 94 valence electrons. The Bertz CT molecular complexity index is 584. The predicted octanol–water partition coefficient (Wildman–Crippen LogP) is 3.97. The van der Waals surface area contributed by atoms with Gasteiger partial charge in [0.25, 0.3) is 0 Å². The monoisotopic (exact) mass is 267 g/mol. The van der Waals surface area contributed by atoms with Crippen molar-refractivity contribution < 1.29 is 8.78 Å². The topological polar surface area (TPSA) is 26.0 Å². The SMILES string of the molecule is Cc1ccc(C(N)c2cc(Cl)ccc2F)cc1F. The number of benzene rings is 2. The minimum Gasteiger partial charge on any atom is -0.320 e. The first-order valence-corrected chi connectivity index (χ1v) is 5.83. The van der Waals surface area contributed by atoms with Crippen molar-refractivity contribution in [2.75, 3.05) is 0 Å². The van der Waals surface area contributed by atoms with Crippen LogP contribution >= 0.6 is 11.6 Å². The maximum absolute atomic E-state index is 13.7. The lowest BCUT2D eigenvalue weighted by molar-refractivity contribution is 0.594. The predicted molar refractivity (Wildman–Crippen MR) is 68.6 cm³/mol. The molecule has 0 amide bonds. The van der Waals surface area contributed by atoms with E-state index >= 15 is 0 Å². The fourth-order valence-corrected chi connectivity index (χ4v) is 1.92. The van der Waals surface area contributed by atoms with E-state index in [9.17, 15) is 8.78 Å². The quantitative estimate of drug-likeness (QED) is 0.875. The molecule has 18 heavy (non-hydrogen) atoms. The van der Waals surface area contributed by atoms with Gasteiger partial charge in [0.2, 0.25) is 0 Å². The molecular formula is C14H12ClF2N. The van der Waals surface area contributed by atoms with E-state index in [4.69, 9.17) is 17.3 Å². The van der Waals surface area contributed by atoms with Gasteiger partial charge >= 0.3 is 0 Å². The molecule has 0 radical (unpaired) electrons. The Morgan fingerprint density at radius 2 is 1.78 bits per heavy atom. The third-order valence-corrected chi connectivity index (χ3v) is 3.08. The van der Waals surface area contributed by atoms with Crippen molar-refractivity contribution in [2.24, 2.45) is 5.73 Å². The molecule has 0 aliphatic carbocycles. The Morgan fingerprint density at radius 1 is 1.06 bits per heavy atom. The van der Waals surface area contributed by atoms with Crippen LogP contribution in [0.3, 0.4) is 0 Å². The van der Waals surface area contributed by atoms with Crippen molar-refractivity contribution in [2.45, 2.75) is 13.0 Å². The Hall–Kier alpha value is -1.45. The number of nitrogens with two attached hydrogens (primary N) is 1. The minimum atomic E-state index is -0.737. The zero-order valence-electron chi connectivity index (χ0n) is 9.75. The van der Waals surface area contributed by atoms with E-state index in [1.807, 2.05) is 0 Å². The first kappa shape index (κ1) is 13.0. The summed E-state index contributed by atoms with van der Waals surface area (Å²) < 4.78 is 27.1. The van der Waals surface area contributed by atoms with Crippen LogP contribution in [0.25, 0.3) is 0 Å². The lowest BCUT2D eigenvalue weighted by Gasteiger charge is -2.14. The molecule has 1 unspecified atom stereocenters. The maximum Gasteiger partial charge on any atom is 0.128 e. The van der Waals surface area contributed by atoms with Gasteiger partial charge in [0.1, 0.15) is 11.6 Å². The molecule has 2 rings (SSSR count). The molecule has 0 spiro atoms. The van der Waals surface area contributed by atoms with Gasteiger partial charge in [-0.05, 0) is 42.3 Å². The molecule has 4 heteroatoms. The highest BCUT2D eigenvalue weighted by atomic mass is 35.5. The molecule has 1 atom stereocenters. The third-order valence-electron chi connectivity index (χ3n) is 2.85. The molecular weight excluding hydrogens is 256 g/mol. The zero-order chi connectivity index (χ0) is 13.3. The van der Waals surface area contributed by atoms with E-state index in [1.54, 1.807) is 19.1 Å². The molecule has 0 fully saturated rings. The van der Waals surface area contributed by atoms with Crippen LogP contribution in [0.1, 0.15) is 22.7 Å². The molecule has 2 aromatic carbocycles. The van der Waals surface area contributed by atoms with Crippen molar-refractivity contribution in [3.63, 3.8) is 0 Å². The van der Waals surface area contributed by atoms with Crippen LogP contribution in [-0.4, -0.2) is 0 Å². The van der Waals surface area contributed by atoms with E-state index in [-0.39, 0.29) is 11.4 Å². The van der Waals surface area contributed by atoms with Gasteiger partial charge in [-0.2, -0.15) is 0 Å². The molecule has 0 aromatic heterocycles. The Morgan fingerprint density at radius 3 is 2.44 bits per heavy atom. The third kappa shape index (κ3) is 2.52. The van der Waals surface area contributed by atoms with E-state index < -0.39 is 11.9 Å². The second-order valence-corrected chi connectivity index (χ2v) is 4.59. The van der Waals surface area contributed by atoms with E-state index in [0.29, 0.717) is 16.1 Å². The molecule has 0 bridgehead atoms. The van der Waals surface area contributed by atoms with Crippen molar-refractivity contribution >= 4 is 11.6 Å². The van der Waals surface area contributed by atoms with Crippen molar-refractivity contribution in [1.82, 2.24) is 0 Å². The lowest BCUT2D eigenvalue weighted by atomic mass is 9.98. The van der Waals surface area contributed by atoms with Gasteiger partial charge in [-0.15, -0.1) is 0 Å². The van der Waals surface area contributed by atoms with Crippen LogP contribution in [0.2, 0.25) is 5.02 Å². The number of aryl methyl sites for hydroxylation is 1. The summed E-state index contributed by atoms with van der Waals surface area (Å²) in [6, 6.07) is 8.04. The van der Waals surface area contributed by atoms with Crippen LogP contribution in [0, 0.1) is 18.6 Å². The summed E-state index contributed by atoms with van der Waals surface area (Å²) in [6.45, 7) is 1.66. The van der Waals surface area contributed by atoms with E-state index in [0.717, 1.165) is 0 Å². The Kier molecular flexibility index (Phi) is 3.64. The summed E-state index contributed by atoms with van der Waals surface area (Å²) in [4.78, 5) is 0. The summed E-state index contributed by atoms with van der Waals surface area (Å²) in [7, 11) is 0. The fraction of sp³-hybridized carbons (Fsp3) is 0.143. The largest absolute Gasteiger partial charge is 0.320 e. The summed E-state index contributed by atoms with van der Waals surface area (Å²) in [6.07, 6.45) is 0. The van der Waals surface area contributed by atoms with Crippen LogP contribution in [-0.2, 0) is 0 Å². The van der Waals surface area contributed by atoms with Gasteiger partial charge in [-0.3, -0.25) is 0 Å². The summed E-state index contributed by atoms with van der Waals surface area (Å²) in [5, 5.41) is 0.398. The van der Waals surface area contributed by atoms with E-state index in [1.165, 1.54) is 24.3 Å². The summed E-state index contributed by atoms with van der Waals surface area (Å²) >= 11 is 5.81. The normalized spacial score (nSPS) is 12.5. The highest BCUT2D eigenvalue weighted by Crippen LogP contribution is 2.26. The van der Waals surface area contributed by atoms with Crippen LogP contribution in [0.4, 0.5) is 8.78 Å². The molecule has 0 aliphatic rings. The first-order chi connectivity index (χ1) is 8.49. The van der Waals surface area contributed by atoms with E-state index in [2.05, 4.69) is 0 Å². The Balaban J connectivity index is 2.44. The molecule has 2 N–H and O–H groups in total. The number of hydrogen-bond donors (Lipinski definition) is 1.